The van der Waals surface area contributed by atoms with E-state index in [2.05, 4.69) is 5.32 Å². The van der Waals surface area contributed by atoms with Crippen molar-refractivity contribution in [3.63, 3.8) is 0 Å². The topological polar surface area (TPSA) is 61.9 Å². The molecule has 2 aromatic carbocycles. The zero-order valence-electron chi connectivity index (χ0n) is 22.6. The Morgan fingerprint density at radius 3 is 1.98 bits per heavy atom. The molecule has 2 atom stereocenters. The SMILES string of the molecule is CN(C(=O)C(C)(C)c1cc(C(F)(F)F)cc(C(F)(F)F)c1)[C@]1(C(=O)N2CCOCC2)CNC[C@H]1c1ccc(Cl)cc1. The van der Waals surface area contributed by atoms with E-state index >= 15 is 0 Å². The molecule has 0 unspecified atom stereocenters. The van der Waals surface area contributed by atoms with Crippen LogP contribution < -0.4 is 5.32 Å². The first-order valence-corrected chi connectivity index (χ1v) is 13.3. The van der Waals surface area contributed by atoms with Gasteiger partial charge in [-0.15, -0.1) is 0 Å². The van der Waals surface area contributed by atoms with Crippen molar-refractivity contribution in [3.05, 3.63) is 69.7 Å². The van der Waals surface area contributed by atoms with E-state index in [4.69, 9.17) is 16.3 Å². The van der Waals surface area contributed by atoms with E-state index in [9.17, 15) is 35.9 Å². The quantitative estimate of drug-likeness (QED) is 0.482. The second-order valence-electron chi connectivity index (χ2n) is 10.8. The minimum atomic E-state index is -5.08. The average Bonchev–Trinajstić information content (AvgIpc) is 3.37. The molecule has 13 heteroatoms. The number of hydrogen-bond donors (Lipinski definition) is 1. The fourth-order valence-corrected chi connectivity index (χ4v) is 5.71. The number of nitrogens with zero attached hydrogens (tertiary/aromatic N) is 2. The number of likely N-dealkylation sites (N-methyl/N-ethyl adjacent to an activating group) is 1. The van der Waals surface area contributed by atoms with Crippen LogP contribution in [0.25, 0.3) is 0 Å². The molecule has 2 aliphatic heterocycles. The van der Waals surface area contributed by atoms with E-state index in [0.29, 0.717) is 22.7 Å². The van der Waals surface area contributed by atoms with Gasteiger partial charge in [0.15, 0.2) is 0 Å². The van der Waals surface area contributed by atoms with Crippen LogP contribution in [-0.2, 0) is 32.1 Å². The maximum atomic E-state index is 14.3. The van der Waals surface area contributed by atoms with Crippen molar-refractivity contribution in [2.45, 2.75) is 43.1 Å². The predicted molar refractivity (Wildman–Crippen MR) is 139 cm³/mol. The van der Waals surface area contributed by atoms with Crippen LogP contribution in [0.2, 0.25) is 5.02 Å². The molecule has 0 spiro atoms. The Morgan fingerprint density at radius 2 is 1.46 bits per heavy atom. The molecule has 0 radical (unpaired) electrons. The predicted octanol–water partition coefficient (Wildman–Crippen LogP) is 5.10. The standard InChI is InChI=1S/C28H30ClF6N3O3/c1-25(2,18-12-19(27(30,31)32)14-20(13-18)28(33,34)35)23(39)37(3)26(24(40)38-8-10-41-11-9-38)16-36-15-22(26)17-4-6-21(29)7-5-17/h4-7,12-14,22,36H,8-11,15-16H2,1-3H3/t22-,26+/m0/s1. The van der Waals surface area contributed by atoms with E-state index in [0.717, 1.165) is 0 Å². The minimum Gasteiger partial charge on any atom is -0.378 e. The Labute approximate surface area is 238 Å². The van der Waals surface area contributed by atoms with Gasteiger partial charge in [0.05, 0.1) is 29.8 Å². The van der Waals surface area contributed by atoms with Crippen molar-refractivity contribution in [1.82, 2.24) is 15.1 Å². The molecule has 0 bridgehead atoms. The second kappa shape index (κ2) is 11.1. The van der Waals surface area contributed by atoms with Crippen LogP contribution in [0.5, 0.6) is 0 Å². The lowest BCUT2D eigenvalue weighted by Gasteiger charge is -2.47. The monoisotopic (exact) mass is 605 g/mol. The summed E-state index contributed by atoms with van der Waals surface area (Å²) in [6, 6.07) is 7.88. The van der Waals surface area contributed by atoms with Gasteiger partial charge in [0.25, 0.3) is 5.91 Å². The summed E-state index contributed by atoms with van der Waals surface area (Å²) in [5.41, 5.74) is -6.23. The Kier molecular flexibility index (Phi) is 8.43. The van der Waals surface area contributed by atoms with Gasteiger partial charge >= 0.3 is 12.4 Å². The van der Waals surface area contributed by atoms with E-state index in [-0.39, 0.29) is 45.5 Å². The molecule has 2 amide bonds. The highest BCUT2D eigenvalue weighted by atomic mass is 35.5. The van der Waals surface area contributed by atoms with Crippen LogP contribution in [0, 0.1) is 0 Å². The van der Waals surface area contributed by atoms with Crippen molar-refractivity contribution >= 4 is 23.4 Å². The summed E-state index contributed by atoms with van der Waals surface area (Å²) in [4.78, 5) is 31.2. The number of rotatable bonds is 5. The molecule has 2 aliphatic rings. The summed E-state index contributed by atoms with van der Waals surface area (Å²) < 4.78 is 87.2. The van der Waals surface area contributed by atoms with Gasteiger partial charge in [0.2, 0.25) is 5.91 Å². The van der Waals surface area contributed by atoms with Crippen molar-refractivity contribution in [1.29, 1.82) is 0 Å². The maximum absolute atomic E-state index is 14.3. The van der Waals surface area contributed by atoms with Gasteiger partial charge in [-0.05, 0) is 55.3 Å². The largest absolute Gasteiger partial charge is 0.416 e. The van der Waals surface area contributed by atoms with E-state index in [1.807, 2.05) is 0 Å². The summed E-state index contributed by atoms with van der Waals surface area (Å²) in [7, 11) is 1.37. The van der Waals surface area contributed by atoms with Crippen molar-refractivity contribution in [3.8, 4) is 0 Å². The number of carbonyl (C=O) groups is 2. The first-order chi connectivity index (χ1) is 19.0. The molecule has 4 rings (SSSR count). The normalized spacial score (nSPS) is 22.1. The van der Waals surface area contributed by atoms with Crippen molar-refractivity contribution in [2.24, 2.45) is 0 Å². The number of hydrogen-bond acceptors (Lipinski definition) is 4. The average molecular weight is 606 g/mol. The van der Waals surface area contributed by atoms with Gasteiger partial charge in [0.1, 0.15) is 5.54 Å². The summed E-state index contributed by atoms with van der Waals surface area (Å²) in [6.07, 6.45) is -10.2. The van der Waals surface area contributed by atoms with Crippen LogP contribution >= 0.6 is 11.6 Å². The molecular formula is C28H30ClF6N3O3. The second-order valence-corrected chi connectivity index (χ2v) is 11.3. The molecule has 41 heavy (non-hydrogen) atoms. The highest BCUT2D eigenvalue weighted by Crippen LogP contribution is 2.43. The molecule has 2 heterocycles. The molecular weight excluding hydrogens is 576 g/mol. The van der Waals surface area contributed by atoms with Crippen LogP contribution in [0.1, 0.15) is 42.0 Å². The summed E-state index contributed by atoms with van der Waals surface area (Å²) in [5.74, 6) is -1.79. The lowest BCUT2D eigenvalue weighted by molar-refractivity contribution is -0.157. The molecule has 224 valence electrons. The third-order valence-electron chi connectivity index (χ3n) is 8.01. The van der Waals surface area contributed by atoms with Gasteiger partial charge in [-0.3, -0.25) is 9.59 Å². The maximum Gasteiger partial charge on any atom is 0.416 e. The summed E-state index contributed by atoms with van der Waals surface area (Å²) in [6.45, 7) is 3.93. The lowest BCUT2D eigenvalue weighted by atomic mass is 9.76. The number of amides is 2. The van der Waals surface area contributed by atoms with Gasteiger partial charge in [0, 0.05) is 44.2 Å². The fraction of sp³-hybridized carbons (Fsp3) is 0.500. The van der Waals surface area contributed by atoms with E-state index in [1.54, 1.807) is 29.2 Å². The molecule has 0 saturated carbocycles. The number of carbonyl (C=O) groups excluding carboxylic acids is 2. The number of nitrogens with one attached hydrogen (secondary N) is 1. The third-order valence-corrected chi connectivity index (χ3v) is 8.26. The lowest BCUT2D eigenvalue weighted by Crippen LogP contribution is -2.66. The molecule has 1 N–H and O–H groups in total. The zero-order valence-corrected chi connectivity index (χ0v) is 23.4. The molecule has 2 aromatic rings. The zero-order chi connectivity index (χ0) is 30.4. The van der Waals surface area contributed by atoms with Crippen LogP contribution in [0.4, 0.5) is 26.3 Å². The number of alkyl halides is 6. The third kappa shape index (κ3) is 5.91. The smallest absolute Gasteiger partial charge is 0.378 e. The Balaban J connectivity index is 1.83. The van der Waals surface area contributed by atoms with Gasteiger partial charge in [-0.2, -0.15) is 26.3 Å². The molecule has 6 nitrogen and oxygen atoms in total. The highest BCUT2D eigenvalue weighted by molar-refractivity contribution is 6.30. The Morgan fingerprint density at radius 1 is 0.951 bits per heavy atom. The first kappa shape index (κ1) is 31.1. The Hall–Kier alpha value is -2.83. The molecule has 0 aliphatic carbocycles. The number of benzene rings is 2. The van der Waals surface area contributed by atoms with Crippen LogP contribution in [0.3, 0.4) is 0 Å². The van der Waals surface area contributed by atoms with Crippen molar-refractivity contribution < 1.29 is 40.7 Å². The fourth-order valence-electron chi connectivity index (χ4n) is 5.59. The number of halogens is 7. The van der Waals surface area contributed by atoms with Gasteiger partial charge in [-0.1, -0.05) is 23.7 Å². The van der Waals surface area contributed by atoms with Gasteiger partial charge in [-0.25, -0.2) is 0 Å². The molecule has 2 saturated heterocycles. The number of morpholine rings is 1. The summed E-state index contributed by atoms with van der Waals surface area (Å²) >= 11 is 6.07. The summed E-state index contributed by atoms with van der Waals surface area (Å²) in [5, 5.41) is 3.64. The van der Waals surface area contributed by atoms with Crippen molar-refractivity contribution in [2.75, 3.05) is 46.4 Å². The highest BCUT2D eigenvalue weighted by Gasteiger charge is 2.57. The molecule has 0 aromatic heterocycles. The first-order valence-electron chi connectivity index (χ1n) is 12.9. The van der Waals surface area contributed by atoms with Crippen LogP contribution in [0.15, 0.2) is 42.5 Å². The number of ether oxygens (including phenoxy) is 1. The van der Waals surface area contributed by atoms with E-state index in [1.165, 1.54) is 25.8 Å². The minimum absolute atomic E-state index is 0.0190. The Bertz CT molecular complexity index is 1260. The molecule has 2 fully saturated rings. The van der Waals surface area contributed by atoms with Crippen LogP contribution in [-0.4, -0.2) is 73.6 Å². The van der Waals surface area contributed by atoms with E-state index < -0.39 is 57.7 Å². The van der Waals surface area contributed by atoms with Gasteiger partial charge < -0.3 is 19.9 Å².